The second-order valence-corrected chi connectivity index (χ2v) is 9.40. The van der Waals surface area contributed by atoms with Crippen LogP contribution in [-0.2, 0) is 0 Å². The first-order chi connectivity index (χ1) is 16.7. The maximum absolute atomic E-state index is 13.2. The molecule has 35 heavy (non-hydrogen) atoms. The number of halogens is 3. The van der Waals surface area contributed by atoms with E-state index in [4.69, 9.17) is 22.1 Å². The van der Waals surface area contributed by atoms with Crippen LogP contribution in [0.25, 0.3) is 0 Å². The first-order valence-corrected chi connectivity index (χ1v) is 11.9. The lowest BCUT2D eigenvalue weighted by molar-refractivity contribution is -0.0493. The molecule has 0 radical (unpaired) electrons. The third-order valence-corrected chi connectivity index (χ3v) is 6.78. The molecule has 0 spiro atoms. The van der Waals surface area contributed by atoms with E-state index < -0.39 is 12.5 Å². The Morgan fingerprint density at radius 1 is 1.31 bits per heavy atom. The second kappa shape index (κ2) is 10.6. The number of nitrogens with one attached hydrogen (secondary N) is 2. The van der Waals surface area contributed by atoms with Gasteiger partial charge in [0.15, 0.2) is 11.6 Å². The summed E-state index contributed by atoms with van der Waals surface area (Å²) in [5.74, 6) is -0.319. The van der Waals surface area contributed by atoms with Gasteiger partial charge in [-0.05, 0) is 44.1 Å². The van der Waals surface area contributed by atoms with Crippen molar-refractivity contribution in [3.63, 3.8) is 0 Å². The number of anilines is 5. The summed E-state index contributed by atoms with van der Waals surface area (Å²) >= 11 is 7.39. The van der Waals surface area contributed by atoms with Crippen LogP contribution in [0.1, 0.15) is 16.1 Å². The molecule has 1 fully saturated rings. The number of likely N-dealkylation sites (N-methyl/N-ethyl adjacent to an activating group) is 1. The van der Waals surface area contributed by atoms with Crippen molar-refractivity contribution in [1.29, 1.82) is 0 Å². The molecule has 4 N–H and O–H groups in total. The van der Waals surface area contributed by atoms with E-state index in [0.29, 0.717) is 16.6 Å². The minimum atomic E-state index is -3.01. The molecule has 1 atom stereocenters. The van der Waals surface area contributed by atoms with Gasteiger partial charge in [-0.25, -0.2) is 4.98 Å². The maximum atomic E-state index is 13.2. The summed E-state index contributed by atoms with van der Waals surface area (Å²) in [5, 5.41) is 7.77. The quantitative estimate of drug-likeness (QED) is 0.376. The average Bonchev–Trinajstić information content (AvgIpc) is 3.47. The number of nitrogens with zero attached hydrogens (tertiary/aromatic N) is 4. The number of hydrogen-bond acceptors (Lipinski definition) is 9. The number of nitrogens with two attached hydrogens (primary N) is 1. The van der Waals surface area contributed by atoms with Crippen LogP contribution in [0.3, 0.4) is 0 Å². The van der Waals surface area contributed by atoms with Crippen LogP contribution in [0.15, 0.2) is 35.8 Å². The van der Waals surface area contributed by atoms with Gasteiger partial charge in [0.25, 0.3) is 5.91 Å². The zero-order valence-electron chi connectivity index (χ0n) is 19.0. The predicted molar refractivity (Wildman–Crippen MR) is 134 cm³/mol. The van der Waals surface area contributed by atoms with Gasteiger partial charge in [-0.1, -0.05) is 11.6 Å². The third kappa shape index (κ3) is 5.89. The third-order valence-electron chi connectivity index (χ3n) is 5.57. The Kier molecular flexibility index (Phi) is 7.53. The Morgan fingerprint density at radius 3 is 2.80 bits per heavy atom. The minimum Gasteiger partial charge on any atom is -0.433 e. The maximum Gasteiger partial charge on any atom is 0.387 e. The lowest BCUT2D eigenvalue weighted by Gasteiger charge is -2.23. The van der Waals surface area contributed by atoms with Gasteiger partial charge in [0.1, 0.15) is 9.90 Å². The highest BCUT2D eigenvalue weighted by molar-refractivity contribution is 7.12. The Hall–Kier alpha value is -3.22. The highest BCUT2D eigenvalue weighted by Crippen LogP contribution is 2.35. The van der Waals surface area contributed by atoms with Crippen molar-refractivity contribution in [2.45, 2.75) is 19.1 Å². The number of ether oxygens (including phenoxy) is 1. The average molecular weight is 524 g/mol. The van der Waals surface area contributed by atoms with E-state index in [2.05, 4.69) is 30.4 Å². The van der Waals surface area contributed by atoms with Gasteiger partial charge in [-0.15, -0.1) is 11.3 Å². The minimum absolute atomic E-state index is 0.0345. The molecule has 1 aliphatic rings. The van der Waals surface area contributed by atoms with Crippen molar-refractivity contribution in [1.82, 2.24) is 14.9 Å². The number of alkyl halides is 2. The van der Waals surface area contributed by atoms with E-state index in [0.717, 1.165) is 25.2 Å². The number of primary amides is 1. The van der Waals surface area contributed by atoms with Crippen LogP contribution < -0.4 is 26.0 Å². The molecule has 9 nitrogen and oxygen atoms in total. The van der Waals surface area contributed by atoms with E-state index >= 15 is 0 Å². The molecule has 2 aromatic heterocycles. The molecule has 1 aromatic carbocycles. The largest absolute Gasteiger partial charge is 0.433 e. The van der Waals surface area contributed by atoms with Crippen molar-refractivity contribution in [2.24, 2.45) is 5.73 Å². The first kappa shape index (κ1) is 24.9. The second-order valence-electron chi connectivity index (χ2n) is 8.08. The Bertz CT molecular complexity index is 1210. The molecule has 3 aromatic rings. The molecule has 0 bridgehead atoms. The fourth-order valence-electron chi connectivity index (χ4n) is 3.76. The van der Waals surface area contributed by atoms with Gasteiger partial charge < -0.3 is 30.9 Å². The number of carbonyl (C=O) groups excluding carboxylic acids is 1. The number of thiophene rings is 1. The van der Waals surface area contributed by atoms with Crippen LogP contribution >= 0.6 is 22.9 Å². The Balaban J connectivity index is 1.57. The summed E-state index contributed by atoms with van der Waals surface area (Å²) in [6.07, 6.45) is 2.33. The zero-order valence-corrected chi connectivity index (χ0v) is 20.5. The van der Waals surface area contributed by atoms with Crippen LogP contribution in [0.5, 0.6) is 5.75 Å². The monoisotopic (exact) mass is 523 g/mol. The van der Waals surface area contributed by atoms with Crippen molar-refractivity contribution in [2.75, 3.05) is 42.7 Å². The SMILES string of the molecule is CN(C)[C@@H]1CCN(c2ccc(Nc3ncc(Cl)c(Nc4ccsc4C(N)=O)n3)c(OC(F)F)c2)C1. The molecule has 0 aliphatic carbocycles. The summed E-state index contributed by atoms with van der Waals surface area (Å²) in [6.45, 7) is -1.40. The summed E-state index contributed by atoms with van der Waals surface area (Å²) in [4.78, 5) is 24.6. The standard InChI is InChI=1S/C22H24ClF2N7O2S/c1-31(2)13-5-7-32(11-13)12-3-4-15(17(9-12)34-21(24)25)29-22-27-10-14(23)20(30-22)28-16-6-8-35-18(16)19(26)33/h3-4,6,8-10,13,21H,5,7,11H2,1-2H3,(H2,26,33)(H2,27,28,29,30)/t13-/m1/s1. The van der Waals surface area contributed by atoms with Crippen molar-refractivity contribution < 1.29 is 18.3 Å². The van der Waals surface area contributed by atoms with E-state index in [9.17, 15) is 13.6 Å². The fourth-order valence-corrected chi connectivity index (χ4v) is 4.60. The first-order valence-electron chi connectivity index (χ1n) is 10.7. The van der Waals surface area contributed by atoms with Crippen molar-refractivity contribution in [3.05, 3.63) is 45.7 Å². The lowest BCUT2D eigenvalue weighted by Crippen LogP contribution is -2.31. The van der Waals surface area contributed by atoms with Gasteiger partial charge in [0, 0.05) is 30.9 Å². The molecule has 13 heteroatoms. The number of hydrogen-bond donors (Lipinski definition) is 3. The normalized spacial score (nSPS) is 15.6. The number of benzene rings is 1. The molecule has 186 valence electrons. The van der Waals surface area contributed by atoms with E-state index in [1.165, 1.54) is 17.5 Å². The molecule has 3 heterocycles. The lowest BCUT2D eigenvalue weighted by atomic mass is 10.2. The number of amides is 1. The van der Waals surface area contributed by atoms with Crippen molar-refractivity contribution in [3.8, 4) is 5.75 Å². The van der Waals surface area contributed by atoms with Crippen LogP contribution in [0.2, 0.25) is 5.02 Å². The fraction of sp³-hybridized carbons (Fsp3) is 0.318. The molecular formula is C22H24ClF2N7O2S. The van der Waals surface area contributed by atoms with Crippen LogP contribution in [-0.4, -0.2) is 60.6 Å². The Labute approximate surface area is 209 Å². The highest BCUT2D eigenvalue weighted by atomic mass is 35.5. The van der Waals surface area contributed by atoms with Crippen LogP contribution in [0.4, 0.5) is 37.6 Å². The van der Waals surface area contributed by atoms with Crippen molar-refractivity contribution >= 4 is 57.7 Å². The van der Waals surface area contributed by atoms with E-state index in [1.54, 1.807) is 23.6 Å². The molecule has 1 aliphatic heterocycles. The smallest absolute Gasteiger partial charge is 0.387 e. The summed E-state index contributed by atoms with van der Waals surface area (Å²) < 4.78 is 31.2. The highest BCUT2D eigenvalue weighted by Gasteiger charge is 2.25. The van der Waals surface area contributed by atoms with Gasteiger partial charge in [0.05, 0.1) is 17.6 Å². The molecule has 0 saturated carbocycles. The van der Waals surface area contributed by atoms with Gasteiger partial charge in [-0.3, -0.25) is 4.79 Å². The molecular weight excluding hydrogens is 500 g/mol. The van der Waals surface area contributed by atoms with E-state index in [1.807, 2.05) is 20.2 Å². The number of carbonyl (C=O) groups is 1. The number of aromatic nitrogens is 2. The Morgan fingerprint density at radius 2 is 2.11 bits per heavy atom. The van der Waals surface area contributed by atoms with Gasteiger partial charge >= 0.3 is 6.61 Å². The molecule has 4 rings (SSSR count). The van der Waals surface area contributed by atoms with Crippen LogP contribution in [0, 0.1) is 0 Å². The summed E-state index contributed by atoms with van der Waals surface area (Å²) in [6, 6.07) is 7.11. The van der Waals surface area contributed by atoms with E-state index in [-0.39, 0.29) is 28.2 Å². The molecule has 1 amide bonds. The topological polar surface area (TPSA) is 109 Å². The predicted octanol–water partition coefficient (Wildman–Crippen LogP) is 4.52. The van der Waals surface area contributed by atoms with Gasteiger partial charge in [-0.2, -0.15) is 13.8 Å². The zero-order chi connectivity index (χ0) is 25.1. The summed E-state index contributed by atoms with van der Waals surface area (Å²) in [7, 11) is 4.05. The summed E-state index contributed by atoms with van der Waals surface area (Å²) in [5.41, 5.74) is 6.88. The molecule has 0 unspecified atom stereocenters. The van der Waals surface area contributed by atoms with Gasteiger partial charge in [0.2, 0.25) is 5.95 Å². The number of rotatable bonds is 9. The molecule has 1 saturated heterocycles.